The van der Waals surface area contributed by atoms with Gasteiger partial charge in [-0.3, -0.25) is 0 Å². The number of nitrogens with one attached hydrogen (secondary N) is 1. The number of carbonyl (C=O) groups excluding carboxylic acids is 1. The fourth-order valence-corrected chi connectivity index (χ4v) is 5.24. The molecular formula is C30H38NO2P. The highest BCUT2D eigenvalue weighted by Crippen LogP contribution is 2.44. The van der Waals surface area contributed by atoms with Gasteiger partial charge in [0.25, 0.3) is 0 Å². The number of hydrogen-bond acceptors (Lipinski definition) is 3. The van der Waals surface area contributed by atoms with E-state index in [0.717, 1.165) is 55.3 Å². The molecule has 3 nitrogen and oxygen atoms in total. The third kappa shape index (κ3) is 5.31. The number of benzene rings is 2. The minimum Gasteiger partial charge on any atom is -0.486 e. The molecule has 1 fully saturated rings. The number of aryl methyl sites for hydroxylation is 1. The van der Waals surface area contributed by atoms with Crippen molar-refractivity contribution in [2.45, 2.75) is 84.7 Å². The van der Waals surface area contributed by atoms with Crippen molar-refractivity contribution in [1.82, 2.24) is 0 Å². The molecule has 1 unspecified atom stereocenters. The van der Waals surface area contributed by atoms with Crippen molar-refractivity contribution in [2.75, 3.05) is 5.32 Å². The molecule has 1 aliphatic heterocycles. The summed E-state index contributed by atoms with van der Waals surface area (Å²) in [6, 6.07) is 12.9. The number of ether oxygens (including phenoxy) is 1. The van der Waals surface area contributed by atoms with Crippen molar-refractivity contribution in [3.05, 3.63) is 70.4 Å². The van der Waals surface area contributed by atoms with Crippen LogP contribution in [-0.4, -0.2) is 11.4 Å². The molecule has 0 aromatic heterocycles. The molecule has 2 aromatic carbocycles. The lowest BCUT2D eigenvalue weighted by atomic mass is 9.82. The summed E-state index contributed by atoms with van der Waals surface area (Å²) in [7, 11) is 2.79. The van der Waals surface area contributed by atoms with Gasteiger partial charge in [-0.15, -0.1) is 9.24 Å². The number of ketones is 1. The lowest BCUT2D eigenvalue weighted by Gasteiger charge is -2.39. The quantitative estimate of drug-likeness (QED) is 0.407. The Kier molecular flexibility index (Phi) is 7.63. The van der Waals surface area contributed by atoms with Gasteiger partial charge in [0.05, 0.1) is 0 Å². The number of hydrogen-bond donors (Lipinski definition) is 1. The Balaban J connectivity index is 1.76. The van der Waals surface area contributed by atoms with E-state index < -0.39 is 0 Å². The molecule has 34 heavy (non-hydrogen) atoms. The van der Waals surface area contributed by atoms with Crippen LogP contribution in [0.3, 0.4) is 0 Å². The standard InChI is InChI=1S/C30H38NO2P/c1-5-30(6-2)19-23(26-16-14-24(34)18-29(26)33-30)17-28(22-10-8-11-22)31-27-12-7-9-20(3)25(27)15-13-21(4)32/h7,9,12,14,16-18,31H,5-6,8,10-11,13,15,19,34H2,1-4H3/b23-17+. The number of carbonyl (C=O) groups is 1. The summed E-state index contributed by atoms with van der Waals surface area (Å²) < 4.78 is 6.60. The Morgan fingerprint density at radius 2 is 1.94 bits per heavy atom. The van der Waals surface area contributed by atoms with Crippen molar-refractivity contribution >= 4 is 31.6 Å². The van der Waals surface area contributed by atoms with Gasteiger partial charge in [-0.2, -0.15) is 0 Å². The zero-order valence-corrected chi connectivity index (χ0v) is 22.2. The predicted octanol–water partition coefficient (Wildman–Crippen LogP) is 7.29. The Morgan fingerprint density at radius 1 is 1.18 bits per heavy atom. The second kappa shape index (κ2) is 10.5. The number of anilines is 1. The maximum absolute atomic E-state index is 11.7. The lowest BCUT2D eigenvalue weighted by Crippen LogP contribution is -2.38. The molecular weight excluding hydrogens is 437 g/mol. The monoisotopic (exact) mass is 475 g/mol. The van der Waals surface area contributed by atoms with Crippen LogP contribution in [0, 0.1) is 6.92 Å². The third-order valence-electron chi connectivity index (χ3n) is 7.54. The molecule has 180 valence electrons. The van der Waals surface area contributed by atoms with Crippen LogP contribution in [0.25, 0.3) is 5.57 Å². The van der Waals surface area contributed by atoms with Crippen LogP contribution in [0.5, 0.6) is 5.75 Å². The summed E-state index contributed by atoms with van der Waals surface area (Å²) in [5.74, 6) is 1.22. The van der Waals surface area contributed by atoms with E-state index in [1.165, 1.54) is 40.0 Å². The highest BCUT2D eigenvalue weighted by Gasteiger charge is 2.36. The van der Waals surface area contributed by atoms with E-state index in [2.05, 4.69) is 77.8 Å². The fourth-order valence-electron chi connectivity index (χ4n) is 4.99. The van der Waals surface area contributed by atoms with E-state index in [1.54, 1.807) is 6.92 Å². The van der Waals surface area contributed by atoms with Crippen LogP contribution in [0.15, 0.2) is 53.7 Å². The molecule has 0 radical (unpaired) electrons. The predicted molar refractivity (Wildman–Crippen MR) is 147 cm³/mol. The van der Waals surface area contributed by atoms with Crippen LogP contribution in [-0.2, 0) is 11.2 Å². The zero-order chi connectivity index (χ0) is 24.3. The van der Waals surface area contributed by atoms with Gasteiger partial charge < -0.3 is 14.8 Å². The first kappa shape index (κ1) is 24.7. The Morgan fingerprint density at radius 3 is 2.59 bits per heavy atom. The normalized spacial score (nSPS) is 17.6. The largest absolute Gasteiger partial charge is 0.486 e. The summed E-state index contributed by atoms with van der Waals surface area (Å²) >= 11 is 0. The highest BCUT2D eigenvalue weighted by atomic mass is 31.0. The molecule has 2 aliphatic rings. The van der Waals surface area contributed by atoms with Crippen LogP contribution < -0.4 is 15.4 Å². The summed E-state index contributed by atoms with van der Waals surface area (Å²) in [5.41, 5.74) is 8.68. The molecule has 4 heteroatoms. The summed E-state index contributed by atoms with van der Waals surface area (Å²) in [6.45, 7) is 8.28. The highest BCUT2D eigenvalue weighted by molar-refractivity contribution is 7.27. The van der Waals surface area contributed by atoms with Crippen LogP contribution in [0.2, 0.25) is 0 Å². The van der Waals surface area contributed by atoms with E-state index in [0.29, 0.717) is 6.42 Å². The number of fused-ring (bicyclic) bond motifs is 1. The summed E-state index contributed by atoms with van der Waals surface area (Å²) in [6.07, 6.45) is 10.1. The van der Waals surface area contributed by atoms with E-state index in [-0.39, 0.29) is 11.4 Å². The van der Waals surface area contributed by atoms with Crippen LogP contribution >= 0.6 is 9.24 Å². The van der Waals surface area contributed by atoms with Crippen LogP contribution in [0.1, 0.15) is 82.4 Å². The first-order valence-corrected chi connectivity index (χ1v) is 13.3. The van der Waals surface area contributed by atoms with Gasteiger partial charge in [0, 0.05) is 29.8 Å². The maximum atomic E-state index is 11.7. The van der Waals surface area contributed by atoms with E-state index >= 15 is 0 Å². The molecule has 2 aromatic rings. The SMILES string of the molecule is CCC1(CC)C/C(=C\C(Nc2cccc(C)c2CCC(C)=O)=C2CCC2)c2ccc(P)cc2O1. The maximum Gasteiger partial charge on any atom is 0.130 e. The average Bonchev–Trinajstić information content (AvgIpc) is 2.76. The minimum atomic E-state index is -0.164. The molecule has 1 N–H and O–H groups in total. The van der Waals surface area contributed by atoms with Crippen molar-refractivity contribution in [3.8, 4) is 5.75 Å². The molecule has 1 heterocycles. The van der Waals surface area contributed by atoms with Gasteiger partial charge in [-0.05, 0) is 98.2 Å². The number of Topliss-reactive ketones (excluding diaryl/α,β-unsaturated/α-hetero) is 1. The fraction of sp³-hybridized carbons (Fsp3) is 0.433. The second-order valence-electron chi connectivity index (χ2n) is 9.89. The minimum absolute atomic E-state index is 0.164. The van der Waals surface area contributed by atoms with E-state index in [9.17, 15) is 4.79 Å². The number of rotatable bonds is 8. The van der Waals surface area contributed by atoms with Crippen molar-refractivity contribution in [2.24, 2.45) is 0 Å². The van der Waals surface area contributed by atoms with Gasteiger partial charge in [0.2, 0.25) is 0 Å². The van der Waals surface area contributed by atoms with Gasteiger partial charge >= 0.3 is 0 Å². The molecule has 1 saturated carbocycles. The lowest BCUT2D eigenvalue weighted by molar-refractivity contribution is -0.116. The van der Waals surface area contributed by atoms with Gasteiger partial charge in [0.1, 0.15) is 17.1 Å². The molecule has 0 spiro atoms. The van der Waals surface area contributed by atoms with E-state index in [4.69, 9.17) is 4.74 Å². The molecule has 0 saturated heterocycles. The van der Waals surface area contributed by atoms with Crippen LogP contribution in [0.4, 0.5) is 5.69 Å². The molecule has 1 aliphatic carbocycles. The van der Waals surface area contributed by atoms with Gasteiger partial charge in [0.15, 0.2) is 0 Å². The van der Waals surface area contributed by atoms with E-state index in [1.807, 2.05) is 0 Å². The average molecular weight is 476 g/mol. The summed E-state index contributed by atoms with van der Waals surface area (Å²) in [5, 5.41) is 4.96. The van der Waals surface area contributed by atoms with Crippen molar-refractivity contribution < 1.29 is 9.53 Å². The van der Waals surface area contributed by atoms with Crippen molar-refractivity contribution in [1.29, 1.82) is 0 Å². The molecule has 0 amide bonds. The Bertz CT molecular complexity index is 1130. The summed E-state index contributed by atoms with van der Waals surface area (Å²) in [4.78, 5) is 11.7. The third-order valence-corrected chi connectivity index (χ3v) is 7.90. The Hall–Kier alpha value is -2.38. The zero-order valence-electron chi connectivity index (χ0n) is 21.1. The van der Waals surface area contributed by atoms with Gasteiger partial charge in [-0.25, -0.2) is 0 Å². The Labute approximate surface area is 207 Å². The van der Waals surface area contributed by atoms with Crippen molar-refractivity contribution in [3.63, 3.8) is 0 Å². The topological polar surface area (TPSA) is 38.3 Å². The van der Waals surface area contributed by atoms with Gasteiger partial charge in [-0.1, -0.05) is 38.1 Å². The first-order chi connectivity index (χ1) is 16.3. The molecule has 4 rings (SSSR count). The smallest absolute Gasteiger partial charge is 0.130 e. The first-order valence-electron chi connectivity index (χ1n) is 12.7. The molecule has 0 bridgehead atoms. The molecule has 1 atom stereocenters. The number of allylic oxidation sites excluding steroid dienone is 2. The second-order valence-corrected chi connectivity index (χ2v) is 10.6.